The molecule has 1 atom stereocenters. The van der Waals surface area contributed by atoms with E-state index in [2.05, 4.69) is 15.3 Å². The fourth-order valence-corrected chi connectivity index (χ4v) is 2.11. The molecule has 2 aromatic rings. The molecule has 0 saturated heterocycles. The molecule has 0 saturated carbocycles. The fourth-order valence-electron chi connectivity index (χ4n) is 2.11. The number of anilines is 1. The Morgan fingerprint density at radius 2 is 1.79 bits per heavy atom. The van der Waals surface area contributed by atoms with Gasteiger partial charge in [0.15, 0.2) is 5.82 Å². The summed E-state index contributed by atoms with van der Waals surface area (Å²) < 4.78 is 26.0. The lowest BCUT2D eigenvalue weighted by Crippen LogP contribution is -2.39. The number of hydrogen-bond acceptors (Lipinski definition) is 4. The average molecular weight is 390 g/mol. The van der Waals surface area contributed by atoms with E-state index in [9.17, 15) is 18.4 Å². The Hall–Kier alpha value is -2.84. The van der Waals surface area contributed by atoms with Gasteiger partial charge in [-0.2, -0.15) is 0 Å². The number of rotatable bonds is 7. The largest absolute Gasteiger partial charge is 0.329 e. The Morgan fingerprint density at radius 3 is 2.32 bits per heavy atom. The second-order valence-corrected chi connectivity index (χ2v) is 5.69. The molecule has 2 radical (unpaired) electrons. The number of aromatic nitrogens is 2. The van der Waals surface area contributed by atoms with E-state index in [0.29, 0.717) is 11.0 Å². The van der Waals surface area contributed by atoms with Crippen molar-refractivity contribution in [2.45, 2.75) is 33.4 Å². The first-order valence-electron chi connectivity index (χ1n) is 8.91. The summed E-state index contributed by atoms with van der Waals surface area (Å²) >= 11 is 0. The van der Waals surface area contributed by atoms with Crippen LogP contribution in [-0.2, 0) is 4.79 Å². The maximum atomic E-state index is 13.2. The molecule has 1 aromatic heterocycles. The fraction of sp³-hybridized carbons (Fsp3) is 0.368. The van der Waals surface area contributed by atoms with Crippen molar-refractivity contribution in [1.29, 1.82) is 0 Å². The molecule has 150 valence electrons. The van der Waals surface area contributed by atoms with Crippen LogP contribution in [0.25, 0.3) is 0 Å². The molecule has 0 bridgehead atoms. The summed E-state index contributed by atoms with van der Waals surface area (Å²) in [5.41, 5.74) is 0.827. The van der Waals surface area contributed by atoms with Gasteiger partial charge in [0, 0.05) is 13.5 Å². The molecule has 28 heavy (non-hydrogen) atoms. The Bertz CT molecular complexity index is 762. The Labute approximate surface area is 166 Å². The molecule has 2 rings (SSSR count). The van der Waals surface area contributed by atoms with Gasteiger partial charge in [0.2, 0.25) is 11.9 Å². The zero-order chi connectivity index (χ0) is 21.1. The maximum Gasteiger partial charge on any atom is 0.254 e. The van der Waals surface area contributed by atoms with Crippen LogP contribution in [0.4, 0.5) is 14.7 Å². The summed E-state index contributed by atoms with van der Waals surface area (Å²) in [6, 6.07) is 6.19. The van der Waals surface area contributed by atoms with Crippen LogP contribution in [-0.4, -0.2) is 53.8 Å². The van der Waals surface area contributed by atoms with E-state index < -0.39 is 23.8 Å². The SMILES string of the molecule is CC.[B]c1ccc(C(=O)N(CCC(C)F)CC(=O)Nc2ncc(F)cn2)cc1.[HH]. The van der Waals surface area contributed by atoms with Gasteiger partial charge in [0.1, 0.15) is 14.4 Å². The highest BCUT2D eigenvalue weighted by atomic mass is 19.1. The number of carbonyl (C=O) groups excluding carboxylic acids is 2. The van der Waals surface area contributed by atoms with E-state index in [-0.39, 0.29) is 26.9 Å². The van der Waals surface area contributed by atoms with Crippen LogP contribution >= 0.6 is 0 Å². The highest BCUT2D eigenvalue weighted by Gasteiger charge is 2.20. The molecule has 0 aliphatic carbocycles. The van der Waals surface area contributed by atoms with Gasteiger partial charge in [-0.1, -0.05) is 43.6 Å². The Morgan fingerprint density at radius 1 is 1.21 bits per heavy atom. The van der Waals surface area contributed by atoms with Crippen LogP contribution in [0.1, 0.15) is 39.0 Å². The van der Waals surface area contributed by atoms with Crippen molar-refractivity contribution >= 4 is 31.1 Å². The number of nitrogens with one attached hydrogen (secondary N) is 1. The van der Waals surface area contributed by atoms with E-state index >= 15 is 0 Å². The smallest absolute Gasteiger partial charge is 0.254 e. The standard InChI is InChI=1S/C17H17BF2N4O2.C2H6.H2/c1-11(19)6-7-24(16(26)12-2-4-13(18)5-3-12)10-15(25)23-17-21-8-14(20)9-22-17;1-2;/h2-5,8-9,11H,6-7,10H2,1H3,(H,21,22,23,25);1-2H3;1H. The van der Waals surface area contributed by atoms with Gasteiger partial charge in [-0.15, -0.1) is 0 Å². The molecule has 0 spiro atoms. The van der Waals surface area contributed by atoms with Crippen LogP contribution in [0.2, 0.25) is 0 Å². The summed E-state index contributed by atoms with van der Waals surface area (Å²) in [5.74, 6) is -1.73. The topological polar surface area (TPSA) is 75.2 Å². The van der Waals surface area contributed by atoms with E-state index in [1.165, 1.54) is 24.0 Å². The highest BCUT2D eigenvalue weighted by Crippen LogP contribution is 2.08. The number of hydrogen-bond donors (Lipinski definition) is 1. The zero-order valence-corrected chi connectivity index (χ0v) is 16.2. The molecule has 2 amide bonds. The van der Waals surface area contributed by atoms with E-state index in [1.807, 2.05) is 13.8 Å². The average Bonchev–Trinajstić information content (AvgIpc) is 2.68. The van der Waals surface area contributed by atoms with Crippen LogP contribution in [0.15, 0.2) is 36.7 Å². The summed E-state index contributed by atoms with van der Waals surface area (Å²) in [6.45, 7) is 5.10. The maximum absolute atomic E-state index is 13.2. The second-order valence-electron chi connectivity index (χ2n) is 5.69. The van der Waals surface area contributed by atoms with Crippen molar-refractivity contribution in [2.24, 2.45) is 0 Å². The first-order chi connectivity index (χ1) is 13.3. The van der Waals surface area contributed by atoms with Crippen LogP contribution in [0.5, 0.6) is 0 Å². The molecule has 0 fully saturated rings. The summed E-state index contributed by atoms with van der Waals surface area (Å²) in [6.07, 6.45) is 0.774. The van der Waals surface area contributed by atoms with E-state index in [4.69, 9.17) is 7.85 Å². The number of nitrogens with zero attached hydrogens (tertiary/aromatic N) is 3. The van der Waals surface area contributed by atoms with Crippen molar-refractivity contribution in [3.63, 3.8) is 0 Å². The number of halogens is 2. The van der Waals surface area contributed by atoms with Gasteiger partial charge in [-0.25, -0.2) is 18.7 Å². The molecule has 1 aromatic carbocycles. The summed E-state index contributed by atoms with van der Waals surface area (Å²) in [7, 11) is 5.60. The zero-order valence-electron chi connectivity index (χ0n) is 16.2. The minimum atomic E-state index is -1.12. The summed E-state index contributed by atoms with van der Waals surface area (Å²) in [5, 5.41) is 2.37. The summed E-state index contributed by atoms with van der Waals surface area (Å²) in [4.78, 5) is 33.2. The van der Waals surface area contributed by atoms with Gasteiger partial charge in [0.05, 0.1) is 18.6 Å². The molecule has 1 N–H and O–H groups in total. The molecular weight excluding hydrogens is 365 g/mol. The minimum absolute atomic E-state index is 0. The molecule has 0 aliphatic rings. The Kier molecular flexibility index (Phi) is 9.77. The van der Waals surface area contributed by atoms with Crippen molar-refractivity contribution < 1.29 is 19.8 Å². The van der Waals surface area contributed by atoms with Gasteiger partial charge in [-0.3, -0.25) is 14.9 Å². The van der Waals surface area contributed by atoms with Crippen molar-refractivity contribution in [1.82, 2.24) is 14.9 Å². The molecule has 1 unspecified atom stereocenters. The predicted octanol–water partition coefficient (Wildman–Crippen LogP) is 2.51. The lowest BCUT2D eigenvalue weighted by Gasteiger charge is -2.22. The van der Waals surface area contributed by atoms with Crippen molar-refractivity contribution in [3.05, 3.63) is 48.0 Å². The number of alkyl halides is 1. The van der Waals surface area contributed by atoms with Gasteiger partial charge < -0.3 is 4.90 Å². The highest BCUT2D eigenvalue weighted by molar-refractivity contribution is 6.32. The number of carbonyl (C=O) groups is 2. The molecule has 1 heterocycles. The molecule has 0 aliphatic heterocycles. The van der Waals surface area contributed by atoms with Crippen molar-refractivity contribution in [3.8, 4) is 0 Å². The normalized spacial score (nSPS) is 11.0. The number of benzene rings is 1. The monoisotopic (exact) mass is 390 g/mol. The molecule has 6 nitrogen and oxygen atoms in total. The quantitative estimate of drug-likeness (QED) is 0.738. The van der Waals surface area contributed by atoms with Gasteiger partial charge >= 0.3 is 0 Å². The van der Waals surface area contributed by atoms with E-state index in [0.717, 1.165) is 12.4 Å². The van der Waals surface area contributed by atoms with E-state index in [1.54, 1.807) is 12.1 Å². The lowest BCUT2D eigenvalue weighted by molar-refractivity contribution is -0.117. The second kappa shape index (κ2) is 11.8. The first-order valence-corrected chi connectivity index (χ1v) is 8.91. The molecule has 9 heteroatoms. The Balaban J connectivity index is 0.00000253. The predicted molar refractivity (Wildman–Crippen MR) is 107 cm³/mol. The number of amides is 2. The van der Waals surface area contributed by atoms with Gasteiger partial charge in [0.25, 0.3) is 5.91 Å². The third-order valence-electron chi connectivity index (χ3n) is 3.45. The van der Waals surface area contributed by atoms with Crippen LogP contribution in [0.3, 0.4) is 0 Å². The minimum Gasteiger partial charge on any atom is -0.329 e. The lowest BCUT2D eigenvalue weighted by atomic mass is 9.95. The van der Waals surface area contributed by atoms with Crippen molar-refractivity contribution in [2.75, 3.05) is 18.4 Å². The first kappa shape index (κ1) is 23.2. The third kappa shape index (κ3) is 7.81. The van der Waals surface area contributed by atoms with Gasteiger partial charge in [-0.05, 0) is 13.3 Å². The molecular formula is C19H25BF2N4O2. The van der Waals surface area contributed by atoms with Crippen LogP contribution in [0, 0.1) is 5.82 Å². The third-order valence-corrected chi connectivity index (χ3v) is 3.45. The van der Waals surface area contributed by atoms with Crippen LogP contribution < -0.4 is 10.8 Å².